The molecule has 45 heavy (non-hydrogen) atoms. The maximum atomic E-state index is 14.6. The lowest BCUT2D eigenvalue weighted by Gasteiger charge is -2.49. The predicted molar refractivity (Wildman–Crippen MR) is 167 cm³/mol. The standard InChI is InChI=1S/C36H36ClFN2O5/c1-3-8-19-9-7-12-24(31(19)41)30-22-14-15-23-29(34(44)39(32(23)42)20-10-5-4-6-11-20)25(22)18-26-33(43)40(35(45)36(26,30)2)21-13-16-28(38)27(37)17-21/h3,7,9,12-14,16-17,20,23,25-26,29-30,41H,1,4-6,8,10-11,15,18H2,2H3. The SMILES string of the molecule is C=CCc1cccc(C2C3=CCC4C(=O)N(C5CCCCC5)C(=O)C4C3CC3C(=O)N(c4ccc(F)c(Cl)c4)C(=O)C32C)c1O. The van der Waals surface area contributed by atoms with Crippen molar-refractivity contribution < 1.29 is 28.7 Å². The molecule has 4 amide bonds. The molecule has 4 fully saturated rings. The molecule has 7 rings (SSSR count). The summed E-state index contributed by atoms with van der Waals surface area (Å²) in [6, 6.07) is 9.03. The molecule has 0 aromatic heterocycles. The summed E-state index contributed by atoms with van der Waals surface area (Å²) in [4.78, 5) is 59.5. The number of hydrogen-bond donors (Lipinski definition) is 1. The number of carbonyl (C=O) groups excluding carboxylic acids is 4. The second-order valence-corrected chi connectivity index (χ2v) is 13.9. The molecule has 7 nitrogen and oxygen atoms in total. The topological polar surface area (TPSA) is 95.0 Å². The van der Waals surface area contributed by atoms with Gasteiger partial charge in [-0.25, -0.2) is 9.29 Å². The zero-order valence-corrected chi connectivity index (χ0v) is 25.9. The molecule has 6 unspecified atom stereocenters. The first-order valence-electron chi connectivity index (χ1n) is 15.9. The molecule has 6 atom stereocenters. The largest absolute Gasteiger partial charge is 0.507 e. The van der Waals surface area contributed by atoms with Crippen LogP contribution in [0.15, 0.2) is 60.7 Å². The van der Waals surface area contributed by atoms with E-state index >= 15 is 0 Å². The first-order valence-corrected chi connectivity index (χ1v) is 16.3. The maximum absolute atomic E-state index is 14.6. The van der Waals surface area contributed by atoms with Gasteiger partial charge in [0.2, 0.25) is 23.6 Å². The summed E-state index contributed by atoms with van der Waals surface area (Å²) in [5.41, 5.74) is 0.783. The van der Waals surface area contributed by atoms with Gasteiger partial charge in [0.05, 0.1) is 33.9 Å². The van der Waals surface area contributed by atoms with Crippen molar-refractivity contribution in [1.82, 2.24) is 4.90 Å². The molecule has 2 aromatic carbocycles. The van der Waals surface area contributed by atoms with Crippen LogP contribution in [0.3, 0.4) is 0 Å². The van der Waals surface area contributed by atoms with Crippen molar-refractivity contribution in [2.45, 2.75) is 70.3 Å². The smallest absolute Gasteiger partial charge is 0.241 e. The van der Waals surface area contributed by atoms with Gasteiger partial charge < -0.3 is 5.11 Å². The third-order valence-corrected chi connectivity index (χ3v) is 11.5. The van der Waals surface area contributed by atoms with Crippen LogP contribution in [0.2, 0.25) is 5.02 Å². The van der Waals surface area contributed by atoms with Gasteiger partial charge in [-0.05, 0) is 68.7 Å². The number of phenolic OH excluding ortho intramolecular Hbond substituents is 1. The molecule has 0 radical (unpaired) electrons. The minimum absolute atomic E-state index is 0.0206. The van der Waals surface area contributed by atoms with Gasteiger partial charge in [0.1, 0.15) is 11.6 Å². The van der Waals surface area contributed by atoms with E-state index in [4.69, 9.17) is 11.6 Å². The highest BCUT2D eigenvalue weighted by Crippen LogP contribution is 2.64. The Morgan fingerprint density at radius 1 is 1.04 bits per heavy atom. The van der Waals surface area contributed by atoms with Crippen LogP contribution in [0.25, 0.3) is 0 Å². The second kappa shape index (κ2) is 10.9. The number of fused-ring (bicyclic) bond motifs is 4. The van der Waals surface area contributed by atoms with E-state index in [1.165, 1.54) is 17.0 Å². The van der Waals surface area contributed by atoms with Crippen LogP contribution in [-0.4, -0.2) is 39.7 Å². The van der Waals surface area contributed by atoms with E-state index < -0.39 is 52.6 Å². The number of carbonyl (C=O) groups is 4. The Balaban J connectivity index is 1.37. The summed E-state index contributed by atoms with van der Waals surface area (Å²) in [5.74, 6) is -5.11. The van der Waals surface area contributed by atoms with Crippen molar-refractivity contribution in [3.05, 3.63) is 82.7 Å². The van der Waals surface area contributed by atoms with Gasteiger partial charge in [-0.2, -0.15) is 0 Å². The highest BCUT2D eigenvalue weighted by atomic mass is 35.5. The lowest BCUT2D eigenvalue weighted by Crippen LogP contribution is -2.49. The van der Waals surface area contributed by atoms with E-state index in [0.29, 0.717) is 24.0 Å². The van der Waals surface area contributed by atoms with Crippen LogP contribution in [0, 0.1) is 34.9 Å². The van der Waals surface area contributed by atoms with E-state index in [1.807, 2.05) is 12.1 Å². The molecule has 0 bridgehead atoms. The number of likely N-dealkylation sites (tertiary alicyclic amines) is 1. The van der Waals surface area contributed by atoms with Gasteiger partial charge in [0, 0.05) is 17.5 Å². The van der Waals surface area contributed by atoms with E-state index in [9.17, 15) is 28.7 Å². The average molecular weight is 631 g/mol. The Labute approximate surface area is 266 Å². The highest BCUT2D eigenvalue weighted by Gasteiger charge is 2.68. The molecular weight excluding hydrogens is 595 g/mol. The Bertz CT molecular complexity index is 1680. The number of rotatable bonds is 5. The molecule has 2 saturated heterocycles. The average Bonchev–Trinajstić information content (AvgIpc) is 3.40. The number of anilines is 1. The highest BCUT2D eigenvalue weighted by molar-refractivity contribution is 6.31. The second-order valence-electron chi connectivity index (χ2n) is 13.4. The molecule has 2 heterocycles. The van der Waals surface area contributed by atoms with Gasteiger partial charge in [0.15, 0.2) is 0 Å². The van der Waals surface area contributed by atoms with Gasteiger partial charge >= 0.3 is 0 Å². The van der Waals surface area contributed by atoms with Crippen molar-refractivity contribution in [3.8, 4) is 5.75 Å². The van der Waals surface area contributed by atoms with Gasteiger partial charge in [-0.1, -0.05) is 66.8 Å². The summed E-state index contributed by atoms with van der Waals surface area (Å²) in [7, 11) is 0. The summed E-state index contributed by atoms with van der Waals surface area (Å²) >= 11 is 6.09. The number of para-hydroxylation sites is 1. The van der Waals surface area contributed by atoms with Crippen LogP contribution in [-0.2, 0) is 25.6 Å². The molecular formula is C36H36ClFN2O5. The first-order chi connectivity index (χ1) is 21.6. The van der Waals surface area contributed by atoms with Crippen molar-refractivity contribution in [2.75, 3.05) is 4.90 Å². The summed E-state index contributed by atoms with van der Waals surface area (Å²) in [6.07, 6.45) is 9.29. The number of halogens is 2. The molecule has 3 aliphatic carbocycles. The predicted octanol–water partition coefficient (Wildman–Crippen LogP) is 6.48. The van der Waals surface area contributed by atoms with E-state index in [-0.39, 0.29) is 40.7 Å². The molecule has 5 aliphatic rings. The quantitative estimate of drug-likeness (QED) is 0.302. The fourth-order valence-electron chi connectivity index (χ4n) is 9.12. The molecule has 2 saturated carbocycles. The molecule has 2 aliphatic heterocycles. The van der Waals surface area contributed by atoms with Crippen molar-refractivity contribution in [3.63, 3.8) is 0 Å². The number of hydrogen-bond acceptors (Lipinski definition) is 5. The fraction of sp³-hybridized carbons (Fsp3) is 0.444. The Kier molecular flexibility index (Phi) is 7.27. The zero-order chi connectivity index (χ0) is 31.8. The van der Waals surface area contributed by atoms with E-state index in [1.54, 1.807) is 25.1 Å². The maximum Gasteiger partial charge on any atom is 0.241 e. The van der Waals surface area contributed by atoms with Crippen molar-refractivity contribution in [2.24, 2.45) is 29.1 Å². The van der Waals surface area contributed by atoms with Crippen molar-refractivity contribution in [1.29, 1.82) is 0 Å². The number of nitrogens with zero attached hydrogens (tertiary/aromatic N) is 2. The van der Waals surface area contributed by atoms with Gasteiger partial charge in [0.25, 0.3) is 0 Å². The molecule has 2 aromatic rings. The monoisotopic (exact) mass is 630 g/mol. The third-order valence-electron chi connectivity index (χ3n) is 11.2. The molecule has 0 spiro atoms. The van der Waals surface area contributed by atoms with Gasteiger partial charge in [-0.3, -0.25) is 24.1 Å². The molecule has 9 heteroatoms. The number of allylic oxidation sites excluding steroid dienone is 3. The first kappa shape index (κ1) is 29.9. The lowest BCUT2D eigenvalue weighted by molar-refractivity contribution is -0.144. The van der Waals surface area contributed by atoms with E-state index in [2.05, 4.69) is 6.58 Å². The van der Waals surface area contributed by atoms with Crippen LogP contribution < -0.4 is 4.90 Å². The van der Waals surface area contributed by atoms with Crippen molar-refractivity contribution >= 4 is 40.9 Å². The number of imide groups is 2. The summed E-state index contributed by atoms with van der Waals surface area (Å²) in [6.45, 7) is 5.56. The lowest BCUT2D eigenvalue weighted by atomic mass is 9.51. The van der Waals surface area contributed by atoms with Crippen LogP contribution in [0.4, 0.5) is 10.1 Å². The fourth-order valence-corrected chi connectivity index (χ4v) is 9.29. The Morgan fingerprint density at radius 2 is 1.80 bits per heavy atom. The molecule has 1 N–H and O–H groups in total. The van der Waals surface area contributed by atoms with Gasteiger partial charge in [-0.15, -0.1) is 6.58 Å². The molecule has 234 valence electrons. The number of aromatic hydroxyl groups is 1. The minimum atomic E-state index is -1.33. The zero-order valence-electron chi connectivity index (χ0n) is 25.2. The Morgan fingerprint density at radius 3 is 2.51 bits per heavy atom. The normalized spacial score (nSPS) is 31.5. The van der Waals surface area contributed by atoms with E-state index in [0.717, 1.165) is 48.6 Å². The Hall–Kier alpha value is -3.78. The number of benzene rings is 2. The number of amides is 4. The minimum Gasteiger partial charge on any atom is -0.507 e. The van der Waals surface area contributed by atoms with Crippen LogP contribution in [0.1, 0.15) is 68.9 Å². The summed E-state index contributed by atoms with van der Waals surface area (Å²) in [5, 5.41) is 11.4. The van der Waals surface area contributed by atoms with Crippen LogP contribution in [0.5, 0.6) is 5.75 Å². The summed E-state index contributed by atoms with van der Waals surface area (Å²) < 4.78 is 14.1. The number of phenols is 1. The third kappa shape index (κ3) is 4.28. The van der Waals surface area contributed by atoms with Crippen LogP contribution >= 0.6 is 11.6 Å².